The van der Waals surface area contributed by atoms with Gasteiger partial charge in [-0.2, -0.15) is 17.6 Å². The van der Waals surface area contributed by atoms with Gasteiger partial charge in [0.2, 0.25) is 0 Å². The van der Waals surface area contributed by atoms with Gasteiger partial charge in [-0.3, -0.25) is 4.79 Å². The highest BCUT2D eigenvalue weighted by molar-refractivity contribution is 6.30. The highest BCUT2D eigenvalue weighted by Crippen LogP contribution is 2.60. The summed E-state index contributed by atoms with van der Waals surface area (Å²) in [6.07, 6.45) is -4.07. The van der Waals surface area contributed by atoms with E-state index >= 15 is 0 Å². The summed E-state index contributed by atoms with van der Waals surface area (Å²) in [5, 5.41) is -2.33. The lowest BCUT2D eigenvalue weighted by Crippen LogP contribution is -2.13. The van der Waals surface area contributed by atoms with Crippen LogP contribution in [0.2, 0.25) is 5.15 Å². The van der Waals surface area contributed by atoms with Crippen molar-refractivity contribution in [1.82, 2.24) is 4.98 Å². The maximum Gasteiger partial charge on any atom is 0.426 e. The number of rotatable bonds is 4. The van der Waals surface area contributed by atoms with Crippen LogP contribution < -0.4 is 0 Å². The number of hydrogen-bond donors (Lipinski definition) is 0. The van der Waals surface area contributed by atoms with E-state index < -0.39 is 69.3 Å². The average Bonchev–Trinajstić information content (AvgIpc) is 3.04. The number of aromatic nitrogens is 1. The Morgan fingerprint density at radius 3 is 2.38 bits per heavy atom. The Hall–Kier alpha value is -1.48. The number of nitrogens with zero attached hydrogens (tertiary/aromatic N) is 1. The molecule has 11 heteroatoms. The van der Waals surface area contributed by atoms with Crippen LogP contribution in [-0.2, 0) is 16.1 Å². The van der Waals surface area contributed by atoms with Crippen molar-refractivity contribution in [2.24, 2.45) is 17.3 Å². The molecule has 2 unspecified atom stereocenters. The molecule has 2 atom stereocenters. The smallest absolute Gasteiger partial charge is 0.426 e. The Morgan fingerprint density at radius 1 is 1.27 bits per heavy atom. The van der Waals surface area contributed by atoms with Gasteiger partial charge in [0.1, 0.15) is 11.6 Å². The van der Waals surface area contributed by atoms with E-state index in [2.05, 4.69) is 4.98 Å². The predicted molar refractivity (Wildman–Crippen MR) is 79.7 cm³/mol. The van der Waals surface area contributed by atoms with Gasteiger partial charge in [-0.15, -0.1) is 0 Å². The van der Waals surface area contributed by atoms with Gasteiger partial charge in [0.25, 0.3) is 5.95 Å². The predicted octanol–water partition coefficient (Wildman–Crippen LogP) is 5.15. The summed E-state index contributed by atoms with van der Waals surface area (Å²) in [7, 11) is 0. The van der Waals surface area contributed by atoms with E-state index in [1.807, 2.05) is 0 Å². The lowest BCUT2D eigenvalue weighted by Gasteiger charge is -2.08. The minimum absolute atomic E-state index is 0.692. The van der Waals surface area contributed by atoms with E-state index in [9.17, 15) is 31.1 Å². The topological polar surface area (TPSA) is 39.2 Å². The Balaban J connectivity index is 2.13. The molecule has 1 saturated carbocycles. The second kappa shape index (κ2) is 6.92. The standard InChI is InChI=1S/C15H11Cl2F6NO2/c1-14(2)6(3-7(16)15(21,22)23)8(14)13(25)26-4-5-9(18)11(17)24-12(20)10(5)19/h3,6,8H,4H2,1-2H3. The lowest BCUT2D eigenvalue weighted by molar-refractivity contribution is -0.147. The third-order valence-corrected chi connectivity index (χ3v) is 4.80. The van der Waals surface area contributed by atoms with E-state index in [1.165, 1.54) is 13.8 Å². The maximum absolute atomic E-state index is 13.7. The lowest BCUT2D eigenvalue weighted by atomic mass is 10.1. The van der Waals surface area contributed by atoms with Crippen LogP contribution in [-0.4, -0.2) is 17.1 Å². The molecule has 1 aromatic rings. The van der Waals surface area contributed by atoms with E-state index in [0.717, 1.165) is 0 Å². The molecule has 1 aromatic heterocycles. The Morgan fingerprint density at radius 2 is 1.85 bits per heavy atom. The number of allylic oxidation sites excluding steroid dienone is 2. The van der Waals surface area contributed by atoms with Crippen molar-refractivity contribution >= 4 is 29.2 Å². The molecule has 26 heavy (non-hydrogen) atoms. The van der Waals surface area contributed by atoms with E-state index in [4.69, 9.17) is 27.9 Å². The van der Waals surface area contributed by atoms with Crippen LogP contribution in [0.1, 0.15) is 19.4 Å². The third kappa shape index (κ3) is 3.93. The Labute approximate surface area is 153 Å². The number of ether oxygens (including phenoxy) is 1. The van der Waals surface area contributed by atoms with E-state index in [0.29, 0.717) is 6.08 Å². The number of carbonyl (C=O) groups is 1. The Kier molecular flexibility index (Phi) is 5.54. The van der Waals surface area contributed by atoms with Gasteiger partial charge in [-0.05, 0) is 11.3 Å². The van der Waals surface area contributed by atoms with Crippen molar-refractivity contribution < 1.29 is 35.9 Å². The van der Waals surface area contributed by atoms with Crippen LogP contribution in [0, 0.1) is 34.8 Å². The SMILES string of the molecule is CC1(C)C(C=C(Cl)C(F)(F)F)C1C(=O)OCc1c(F)c(F)nc(Cl)c1F. The monoisotopic (exact) mass is 421 g/mol. The highest BCUT2D eigenvalue weighted by Gasteiger charge is 2.62. The quantitative estimate of drug-likeness (QED) is 0.383. The average molecular weight is 422 g/mol. The van der Waals surface area contributed by atoms with Gasteiger partial charge < -0.3 is 4.74 Å². The maximum atomic E-state index is 13.7. The second-order valence-corrected chi connectivity index (χ2v) is 7.01. The van der Waals surface area contributed by atoms with Gasteiger partial charge in [0.15, 0.2) is 16.8 Å². The Bertz CT molecular complexity index is 752. The molecule has 0 radical (unpaired) electrons. The number of alkyl halides is 3. The summed E-state index contributed by atoms with van der Waals surface area (Å²) in [5.41, 5.74) is -1.85. The third-order valence-electron chi connectivity index (χ3n) is 4.21. The summed E-state index contributed by atoms with van der Waals surface area (Å²) < 4.78 is 82.6. The van der Waals surface area contributed by atoms with Crippen LogP contribution in [0.4, 0.5) is 26.3 Å². The fourth-order valence-corrected chi connectivity index (χ4v) is 2.90. The first-order chi connectivity index (χ1) is 11.8. The van der Waals surface area contributed by atoms with Crippen molar-refractivity contribution in [3.8, 4) is 0 Å². The van der Waals surface area contributed by atoms with Crippen LogP contribution in [0.3, 0.4) is 0 Å². The largest absolute Gasteiger partial charge is 0.460 e. The summed E-state index contributed by atoms with van der Waals surface area (Å²) in [6.45, 7) is 2.02. The first kappa shape index (κ1) is 20.8. The number of pyridine rings is 1. The fraction of sp³-hybridized carbons (Fsp3) is 0.467. The van der Waals surface area contributed by atoms with Crippen molar-refractivity contribution in [3.05, 3.63) is 39.4 Å². The number of halogens is 8. The molecule has 0 N–H and O–H groups in total. The van der Waals surface area contributed by atoms with E-state index in [1.54, 1.807) is 0 Å². The van der Waals surface area contributed by atoms with Crippen LogP contribution in [0.5, 0.6) is 0 Å². The molecule has 0 aromatic carbocycles. The number of carbonyl (C=O) groups excluding carboxylic acids is 1. The van der Waals surface area contributed by atoms with E-state index in [-0.39, 0.29) is 0 Å². The summed E-state index contributed by atoms with van der Waals surface area (Å²) >= 11 is 10.4. The van der Waals surface area contributed by atoms with Crippen molar-refractivity contribution in [2.45, 2.75) is 26.6 Å². The number of esters is 1. The molecule has 0 amide bonds. The molecule has 144 valence electrons. The summed E-state index contributed by atoms with van der Waals surface area (Å²) in [5.74, 6) is -7.64. The van der Waals surface area contributed by atoms with Crippen molar-refractivity contribution in [2.75, 3.05) is 0 Å². The normalized spacial score (nSPS) is 22.3. The highest BCUT2D eigenvalue weighted by atomic mass is 35.5. The molecule has 3 nitrogen and oxygen atoms in total. The van der Waals surface area contributed by atoms with Gasteiger partial charge in [-0.25, -0.2) is 13.8 Å². The first-order valence-corrected chi connectivity index (χ1v) is 7.84. The molecule has 0 saturated heterocycles. The molecule has 1 fully saturated rings. The van der Waals surface area contributed by atoms with Crippen LogP contribution in [0.15, 0.2) is 11.1 Å². The zero-order valence-electron chi connectivity index (χ0n) is 13.2. The fourth-order valence-electron chi connectivity index (χ4n) is 2.58. The molecule has 2 rings (SSSR count). The molecule has 1 heterocycles. The minimum Gasteiger partial charge on any atom is -0.460 e. The number of hydrogen-bond acceptors (Lipinski definition) is 3. The molecular weight excluding hydrogens is 411 g/mol. The van der Waals surface area contributed by atoms with Gasteiger partial charge in [-0.1, -0.05) is 43.1 Å². The van der Waals surface area contributed by atoms with Gasteiger partial charge >= 0.3 is 12.1 Å². The zero-order chi connectivity index (χ0) is 20.0. The van der Waals surface area contributed by atoms with Crippen molar-refractivity contribution in [3.63, 3.8) is 0 Å². The first-order valence-electron chi connectivity index (χ1n) is 7.08. The molecule has 1 aliphatic carbocycles. The van der Waals surface area contributed by atoms with Crippen LogP contribution in [0.25, 0.3) is 0 Å². The molecule has 0 aliphatic heterocycles. The zero-order valence-corrected chi connectivity index (χ0v) is 14.7. The minimum atomic E-state index is -4.76. The van der Waals surface area contributed by atoms with Crippen LogP contribution >= 0.6 is 23.2 Å². The molecule has 0 bridgehead atoms. The molecular formula is C15H11Cl2F6NO2. The van der Waals surface area contributed by atoms with Gasteiger partial charge in [0, 0.05) is 0 Å². The molecule has 1 aliphatic rings. The summed E-state index contributed by atoms with van der Waals surface area (Å²) in [6, 6.07) is 0. The second-order valence-electron chi connectivity index (χ2n) is 6.24. The summed E-state index contributed by atoms with van der Waals surface area (Å²) in [4.78, 5) is 14.8. The molecule has 0 spiro atoms. The van der Waals surface area contributed by atoms with Crippen molar-refractivity contribution in [1.29, 1.82) is 0 Å². The van der Waals surface area contributed by atoms with Gasteiger partial charge in [0.05, 0.1) is 11.5 Å².